The van der Waals surface area contributed by atoms with Gasteiger partial charge in [-0.05, 0) is 25.6 Å². The van der Waals surface area contributed by atoms with Crippen molar-refractivity contribution in [2.24, 2.45) is 0 Å². The van der Waals surface area contributed by atoms with Crippen LogP contribution in [0.3, 0.4) is 0 Å². The molecule has 3 N–H and O–H groups in total. The molecular formula is C10H21N3O2S. The van der Waals surface area contributed by atoms with Crippen LogP contribution in [0.25, 0.3) is 0 Å². The Labute approximate surface area is 102 Å². The summed E-state index contributed by atoms with van der Waals surface area (Å²) in [5.41, 5.74) is 0. The van der Waals surface area contributed by atoms with Crippen molar-refractivity contribution in [2.45, 2.75) is 26.3 Å². The first kappa shape index (κ1) is 15.1. The van der Waals surface area contributed by atoms with Crippen LogP contribution >= 0.6 is 12.2 Å². The standard InChI is InChI=1S/C10H21N3O2S/c1-4-5-11-9(14)8(2)13-10(16)12-6-7-15-3/h8H,4-7H2,1-3H3,(H,11,14)(H2,12,13,16). The van der Waals surface area contributed by atoms with E-state index in [4.69, 9.17) is 17.0 Å². The van der Waals surface area contributed by atoms with Crippen LogP contribution in [0.1, 0.15) is 20.3 Å². The Balaban J connectivity index is 3.71. The number of nitrogens with one attached hydrogen (secondary N) is 3. The molecule has 0 aliphatic rings. The molecule has 5 nitrogen and oxygen atoms in total. The summed E-state index contributed by atoms with van der Waals surface area (Å²) in [5, 5.41) is 9.10. The molecule has 6 heteroatoms. The Kier molecular flexibility index (Phi) is 8.84. The number of carbonyl (C=O) groups is 1. The van der Waals surface area contributed by atoms with Gasteiger partial charge in [0.25, 0.3) is 0 Å². The minimum atomic E-state index is -0.325. The molecule has 1 atom stereocenters. The predicted molar refractivity (Wildman–Crippen MR) is 68.4 cm³/mol. The maximum Gasteiger partial charge on any atom is 0.242 e. The van der Waals surface area contributed by atoms with Crippen molar-refractivity contribution in [3.05, 3.63) is 0 Å². The Bertz CT molecular complexity index is 224. The van der Waals surface area contributed by atoms with Gasteiger partial charge in [0.2, 0.25) is 5.91 Å². The predicted octanol–water partition coefficient (Wildman–Crippen LogP) is 0.0116. The van der Waals surface area contributed by atoms with E-state index in [1.807, 2.05) is 6.92 Å². The summed E-state index contributed by atoms with van der Waals surface area (Å²) in [6.07, 6.45) is 0.926. The fraction of sp³-hybridized carbons (Fsp3) is 0.800. The van der Waals surface area contributed by atoms with Crippen molar-refractivity contribution in [1.82, 2.24) is 16.0 Å². The fourth-order valence-electron chi connectivity index (χ4n) is 0.981. The highest BCUT2D eigenvalue weighted by Gasteiger charge is 2.12. The molecular weight excluding hydrogens is 226 g/mol. The van der Waals surface area contributed by atoms with E-state index in [0.29, 0.717) is 24.8 Å². The summed E-state index contributed by atoms with van der Waals surface area (Å²) in [4.78, 5) is 11.5. The first-order chi connectivity index (χ1) is 7.61. The number of amides is 1. The maximum absolute atomic E-state index is 11.5. The number of methoxy groups -OCH3 is 1. The van der Waals surface area contributed by atoms with E-state index in [1.54, 1.807) is 14.0 Å². The second-order valence-corrected chi connectivity index (χ2v) is 3.81. The number of ether oxygens (including phenoxy) is 1. The average molecular weight is 247 g/mol. The third-order valence-electron chi connectivity index (χ3n) is 1.88. The minimum Gasteiger partial charge on any atom is -0.383 e. The van der Waals surface area contributed by atoms with E-state index in [0.717, 1.165) is 6.42 Å². The minimum absolute atomic E-state index is 0.0438. The van der Waals surface area contributed by atoms with Gasteiger partial charge in [0.1, 0.15) is 6.04 Å². The Morgan fingerprint density at radius 2 is 2.06 bits per heavy atom. The Morgan fingerprint density at radius 1 is 1.38 bits per heavy atom. The third kappa shape index (κ3) is 7.42. The lowest BCUT2D eigenvalue weighted by Crippen LogP contribution is -2.48. The van der Waals surface area contributed by atoms with Gasteiger partial charge in [-0.25, -0.2) is 0 Å². The molecule has 0 aromatic carbocycles. The SMILES string of the molecule is CCCNC(=O)C(C)NC(=S)NCCOC. The van der Waals surface area contributed by atoms with E-state index in [-0.39, 0.29) is 11.9 Å². The maximum atomic E-state index is 11.5. The molecule has 0 aliphatic carbocycles. The van der Waals surface area contributed by atoms with Crippen LogP contribution in [-0.4, -0.2) is 43.9 Å². The number of thiocarbonyl (C=S) groups is 1. The van der Waals surface area contributed by atoms with Crippen LogP contribution < -0.4 is 16.0 Å². The van der Waals surface area contributed by atoms with Crippen molar-refractivity contribution < 1.29 is 9.53 Å². The van der Waals surface area contributed by atoms with Crippen LogP contribution in [-0.2, 0) is 9.53 Å². The van der Waals surface area contributed by atoms with Crippen LogP contribution in [0.2, 0.25) is 0 Å². The molecule has 94 valence electrons. The molecule has 0 rings (SSSR count). The van der Waals surface area contributed by atoms with Crippen LogP contribution in [0.15, 0.2) is 0 Å². The van der Waals surface area contributed by atoms with Crippen LogP contribution in [0, 0.1) is 0 Å². The summed E-state index contributed by atoms with van der Waals surface area (Å²) >= 11 is 5.02. The highest BCUT2D eigenvalue weighted by atomic mass is 32.1. The molecule has 0 aliphatic heterocycles. The molecule has 0 radical (unpaired) electrons. The summed E-state index contributed by atoms with van der Waals surface area (Å²) in [6.45, 7) is 5.68. The fourth-order valence-corrected chi connectivity index (χ4v) is 1.26. The molecule has 0 heterocycles. The van der Waals surface area contributed by atoms with Crippen molar-refractivity contribution in [3.8, 4) is 0 Å². The summed E-state index contributed by atoms with van der Waals surface area (Å²) in [6, 6.07) is -0.325. The normalized spacial score (nSPS) is 11.7. The first-order valence-corrected chi connectivity index (χ1v) is 5.83. The quantitative estimate of drug-likeness (QED) is 0.437. The lowest BCUT2D eigenvalue weighted by Gasteiger charge is -2.16. The molecule has 16 heavy (non-hydrogen) atoms. The Morgan fingerprint density at radius 3 is 2.62 bits per heavy atom. The lowest BCUT2D eigenvalue weighted by atomic mass is 10.3. The van der Waals surface area contributed by atoms with Crippen LogP contribution in [0.5, 0.6) is 0 Å². The van der Waals surface area contributed by atoms with Crippen molar-refractivity contribution in [2.75, 3.05) is 26.8 Å². The van der Waals surface area contributed by atoms with Gasteiger partial charge in [0.15, 0.2) is 5.11 Å². The zero-order chi connectivity index (χ0) is 12.4. The first-order valence-electron chi connectivity index (χ1n) is 5.42. The van der Waals surface area contributed by atoms with Crippen molar-refractivity contribution in [3.63, 3.8) is 0 Å². The number of hydrogen-bond acceptors (Lipinski definition) is 3. The van der Waals surface area contributed by atoms with Gasteiger partial charge in [-0.2, -0.15) is 0 Å². The molecule has 0 aromatic heterocycles. The summed E-state index contributed by atoms with van der Waals surface area (Å²) in [7, 11) is 1.62. The van der Waals surface area contributed by atoms with E-state index >= 15 is 0 Å². The highest BCUT2D eigenvalue weighted by molar-refractivity contribution is 7.80. The highest BCUT2D eigenvalue weighted by Crippen LogP contribution is 1.83. The molecule has 0 fully saturated rings. The van der Waals surface area contributed by atoms with Gasteiger partial charge in [-0.1, -0.05) is 6.92 Å². The monoisotopic (exact) mass is 247 g/mol. The molecule has 1 amide bonds. The smallest absolute Gasteiger partial charge is 0.242 e. The number of rotatable bonds is 7. The molecule has 0 bridgehead atoms. The molecule has 0 saturated carbocycles. The average Bonchev–Trinajstić information content (AvgIpc) is 2.26. The topological polar surface area (TPSA) is 62.4 Å². The lowest BCUT2D eigenvalue weighted by molar-refractivity contribution is -0.122. The summed E-state index contributed by atoms with van der Waals surface area (Å²) < 4.78 is 4.87. The molecule has 0 aromatic rings. The molecule has 0 spiro atoms. The second kappa shape index (κ2) is 9.35. The van der Waals surface area contributed by atoms with Crippen molar-refractivity contribution >= 4 is 23.2 Å². The van der Waals surface area contributed by atoms with E-state index < -0.39 is 0 Å². The zero-order valence-corrected chi connectivity index (χ0v) is 10.9. The van der Waals surface area contributed by atoms with Crippen LogP contribution in [0.4, 0.5) is 0 Å². The molecule has 1 unspecified atom stereocenters. The van der Waals surface area contributed by atoms with Crippen molar-refractivity contribution in [1.29, 1.82) is 0 Å². The third-order valence-corrected chi connectivity index (χ3v) is 2.14. The van der Waals surface area contributed by atoms with E-state index in [2.05, 4.69) is 16.0 Å². The van der Waals surface area contributed by atoms with Gasteiger partial charge in [0.05, 0.1) is 6.61 Å². The van der Waals surface area contributed by atoms with Gasteiger partial charge >= 0.3 is 0 Å². The second-order valence-electron chi connectivity index (χ2n) is 3.41. The number of carbonyl (C=O) groups excluding carboxylic acids is 1. The van der Waals surface area contributed by atoms with E-state index in [1.165, 1.54) is 0 Å². The van der Waals surface area contributed by atoms with E-state index in [9.17, 15) is 4.79 Å². The van der Waals surface area contributed by atoms with Gasteiger partial charge < -0.3 is 20.7 Å². The Hall–Kier alpha value is -0.880. The number of hydrogen-bond donors (Lipinski definition) is 3. The zero-order valence-electron chi connectivity index (χ0n) is 10.1. The largest absolute Gasteiger partial charge is 0.383 e. The van der Waals surface area contributed by atoms with Gasteiger partial charge in [0, 0.05) is 20.2 Å². The molecule has 0 saturated heterocycles. The summed E-state index contributed by atoms with van der Waals surface area (Å²) in [5.74, 6) is -0.0438. The van der Waals surface area contributed by atoms with Gasteiger partial charge in [-0.15, -0.1) is 0 Å². The van der Waals surface area contributed by atoms with Gasteiger partial charge in [-0.3, -0.25) is 4.79 Å².